The number of esters is 1. The molecular weight excluding hydrogens is 428 g/mol. The molecule has 2 N–H and O–H groups in total. The number of nitro benzene ring substituents is 1. The number of anilines is 1. The summed E-state index contributed by atoms with van der Waals surface area (Å²) < 4.78 is 38.3. The summed E-state index contributed by atoms with van der Waals surface area (Å²) in [4.78, 5) is 34.4. The molecule has 3 aromatic rings. The Morgan fingerprint density at radius 1 is 1.10 bits per heavy atom. The molecule has 0 aromatic heterocycles. The minimum Gasteiger partial charge on any atom is -0.424 e. The van der Waals surface area contributed by atoms with Crippen molar-refractivity contribution in [3.05, 3.63) is 69.8 Å². The molecule has 0 aliphatic heterocycles. The van der Waals surface area contributed by atoms with Crippen LogP contribution in [-0.4, -0.2) is 29.8 Å². The van der Waals surface area contributed by atoms with Crippen molar-refractivity contribution in [1.29, 1.82) is 0 Å². The minimum absolute atomic E-state index is 0.0333. The van der Waals surface area contributed by atoms with E-state index >= 15 is 0 Å². The van der Waals surface area contributed by atoms with Gasteiger partial charge in [0.25, 0.3) is 21.7 Å². The summed E-state index contributed by atoms with van der Waals surface area (Å²) >= 11 is 0. The second-order valence-corrected chi connectivity index (χ2v) is 7.96. The number of fused-ring (bicyclic) bond motifs is 1. The molecule has 0 aliphatic carbocycles. The van der Waals surface area contributed by atoms with Crippen molar-refractivity contribution in [1.82, 2.24) is 0 Å². The topological polar surface area (TPSA) is 153 Å². The minimum atomic E-state index is -4.68. The predicted octanol–water partition coefficient (Wildman–Crippen LogP) is 3.48. The molecule has 1 amide bonds. The van der Waals surface area contributed by atoms with Gasteiger partial charge in [-0.2, -0.15) is 8.42 Å². The molecule has 3 rings (SSSR count). The summed E-state index contributed by atoms with van der Waals surface area (Å²) in [6.07, 6.45) is 0. The Morgan fingerprint density at radius 2 is 1.74 bits per heavy atom. The maximum atomic E-state index is 12.8. The molecule has 3 aromatic carbocycles. The second kappa shape index (κ2) is 8.13. The molecule has 31 heavy (non-hydrogen) atoms. The zero-order valence-electron chi connectivity index (χ0n) is 16.3. The summed E-state index contributed by atoms with van der Waals surface area (Å²) in [6.45, 7) is 2.61. The fraction of sp³-hybridized carbons (Fsp3) is 0.100. The molecule has 0 saturated heterocycles. The molecule has 0 unspecified atom stereocenters. The van der Waals surface area contributed by atoms with Crippen LogP contribution in [0.5, 0.6) is 5.75 Å². The Bertz CT molecular complexity index is 1350. The number of rotatable bonds is 5. The molecule has 0 radical (unpaired) electrons. The third kappa shape index (κ3) is 4.52. The number of carbonyl (C=O) groups excluding carboxylic acids is 2. The molecule has 160 valence electrons. The maximum Gasteiger partial charge on any atom is 0.308 e. The monoisotopic (exact) mass is 444 g/mol. The van der Waals surface area contributed by atoms with Crippen LogP contribution in [0.25, 0.3) is 10.8 Å². The maximum absolute atomic E-state index is 12.8. The van der Waals surface area contributed by atoms with Gasteiger partial charge < -0.3 is 10.1 Å². The standard InChI is InChI=1S/C20H16N2O8S/c1-11-7-8-13(9-16(11)22(25)26)20(24)21-19-15-6-4-3-5-14(15)18(31(27,28)29)10-17(19)30-12(2)23/h3-10H,1-2H3,(H,21,24)(H,27,28,29). The highest BCUT2D eigenvalue weighted by atomic mass is 32.2. The fourth-order valence-electron chi connectivity index (χ4n) is 3.03. The van der Waals surface area contributed by atoms with Gasteiger partial charge in [-0.15, -0.1) is 0 Å². The molecular formula is C20H16N2O8S. The van der Waals surface area contributed by atoms with Crippen molar-refractivity contribution < 1.29 is 32.2 Å². The molecule has 0 bridgehead atoms. The Morgan fingerprint density at radius 3 is 2.32 bits per heavy atom. The first-order chi connectivity index (χ1) is 14.5. The lowest BCUT2D eigenvalue weighted by molar-refractivity contribution is -0.385. The Hall–Kier alpha value is -3.83. The highest BCUT2D eigenvalue weighted by molar-refractivity contribution is 7.86. The van der Waals surface area contributed by atoms with Gasteiger partial charge in [0.15, 0.2) is 5.75 Å². The number of hydrogen-bond acceptors (Lipinski definition) is 7. The van der Waals surface area contributed by atoms with Crippen LogP contribution in [-0.2, 0) is 14.9 Å². The van der Waals surface area contributed by atoms with Crippen molar-refractivity contribution in [2.45, 2.75) is 18.7 Å². The van der Waals surface area contributed by atoms with Gasteiger partial charge in [0.2, 0.25) is 0 Å². The lowest BCUT2D eigenvalue weighted by Crippen LogP contribution is -2.15. The molecule has 0 spiro atoms. The van der Waals surface area contributed by atoms with Crippen LogP contribution in [0.15, 0.2) is 53.4 Å². The van der Waals surface area contributed by atoms with Crippen molar-refractivity contribution in [2.75, 3.05) is 5.32 Å². The number of ether oxygens (including phenoxy) is 1. The Kier molecular flexibility index (Phi) is 5.73. The van der Waals surface area contributed by atoms with E-state index in [2.05, 4.69) is 5.32 Å². The van der Waals surface area contributed by atoms with E-state index in [0.29, 0.717) is 5.56 Å². The van der Waals surface area contributed by atoms with E-state index in [0.717, 1.165) is 19.1 Å². The summed E-state index contributed by atoms with van der Waals surface area (Å²) in [7, 11) is -4.68. The summed E-state index contributed by atoms with van der Waals surface area (Å²) in [5.41, 5.74) is 0.0463. The van der Waals surface area contributed by atoms with Gasteiger partial charge in [-0.05, 0) is 13.0 Å². The molecule has 10 nitrogen and oxygen atoms in total. The molecule has 11 heteroatoms. The van der Waals surface area contributed by atoms with E-state index in [1.165, 1.54) is 37.3 Å². The first kappa shape index (κ1) is 21.9. The normalized spacial score (nSPS) is 11.2. The van der Waals surface area contributed by atoms with Gasteiger partial charge in [-0.3, -0.25) is 24.3 Å². The molecule has 0 heterocycles. The number of aryl methyl sites for hydroxylation is 1. The largest absolute Gasteiger partial charge is 0.424 e. The second-order valence-electron chi connectivity index (χ2n) is 6.57. The number of carbonyl (C=O) groups is 2. The number of nitrogens with one attached hydrogen (secondary N) is 1. The van der Waals surface area contributed by atoms with Crippen molar-refractivity contribution in [2.24, 2.45) is 0 Å². The zero-order valence-corrected chi connectivity index (χ0v) is 17.1. The third-order valence-electron chi connectivity index (χ3n) is 4.41. The summed E-state index contributed by atoms with van der Waals surface area (Å²) in [5, 5.41) is 13.9. The van der Waals surface area contributed by atoms with Crippen molar-refractivity contribution in [3.8, 4) is 5.75 Å². The quantitative estimate of drug-likeness (QED) is 0.199. The highest BCUT2D eigenvalue weighted by Gasteiger charge is 2.23. The van der Waals surface area contributed by atoms with E-state index < -0.39 is 31.8 Å². The molecule has 0 fully saturated rings. The van der Waals surface area contributed by atoms with Crippen LogP contribution < -0.4 is 10.1 Å². The van der Waals surface area contributed by atoms with Gasteiger partial charge >= 0.3 is 5.97 Å². The number of benzene rings is 3. The number of amides is 1. The van der Waals surface area contributed by atoms with E-state index in [1.807, 2.05) is 0 Å². The number of nitrogens with zero attached hydrogens (tertiary/aromatic N) is 1. The Labute approximate surface area is 176 Å². The average molecular weight is 444 g/mol. The van der Waals surface area contributed by atoms with E-state index in [-0.39, 0.29) is 33.5 Å². The smallest absolute Gasteiger partial charge is 0.308 e. The SMILES string of the molecule is CC(=O)Oc1cc(S(=O)(=O)O)c2ccccc2c1NC(=O)c1ccc(C)c([N+](=O)[O-])c1. The fourth-order valence-corrected chi connectivity index (χ4v) is 3.74. The lowest BCUT2D eigenvalue weighted by Gasteiger charge is -2.16. The molecule has 0 aliphatic rings. The first-order valence-corrected chi connectivity index (χ1v) is 10.2. The third-order valence-corrected chi connectivity index (χ3v) is 5.30. The van der Waals surface area contributed by atoms with Crippen LogP contribution in [0.3, 0.4) is 0 Å². The summed E-state index contributed by atoms with van der Waals surface area (Å²) in [5.74, 6) is -1.85. The van der Waals surface area contributed by atoms with Crippen molar-refractivity contribution in [3.63, 3.8) is 0 Å². The molecule has 0 atom stereocenters. The average Bonchev–Trinajstić information content (AvgIpc) is 2.68. The van der Waals surface area contributed by atoms with Gasteiger partial charge in [-0.1, -0.05) is 30.3 Å². The number of nitro groups is 1. The Balaban J connectivity index is 2.20. The zero-order chi connectivity index (χ0) is 22.9. The van der Waals surface area contributed by atoms with Gasteiger partial charge in [0.05, 0.1) is 10.6 Å². The van der Waals surface area contributed by atoms with Crippen LogP contribution in [0, 0.1) is 17.0 Å². The number of hydrogen-bond donors (Lipinski definition) is 2. The molecule has 0 saturated carbocycles. The van der Waals surface area contributed by atoms with Crippen LogP contribution in [0.1, 0.15) is 22.8 Å². The van der Waals surface area contributed by atoms with Crippen molar-refractivity contribution >= 4 is 44.1 Å². The first-order valence-electron chi connectivity index (χ1n) is 8.77. The van der Waals surface area contributed by atoms with Crippen LogP contribution in [0.2, 0.25) is 0 Å². The van der Waals surface area contributed by atoms with Gasteiger partial charge in [0.1, 0.15) is 4.90 Å². The lowest BCUT2D eigenvalue weighted by atomic mass is 10.1. The van der Waals surface area contributed by atoms with Gasteiger partial charge in [0, 0.05) is 41.0 Å². The predicted molar refractivity (Wildman–Crippen MR) is 111 cm³/mol. The highest BCUT2D eigenvalue weighted by Crippen LogP contribution is 2.38. The summed E-state index contributed by atoms with van der Waals surface area (Å²) in [6, 6.07) is 10.8. The van der Waals surface area contributed by atoms with E-state index in [1.54, 1.807) is 6.07 Å². The van der Waals surface area contributed by atoms with Gasteiger partial charge in [-0.25, -0.2) is 0 Å². The van der Waals surface area contributed by atoms with E-state index in [4.69, 9.17) is 4.74 Å². The van der Waals surface area contributed by atoms with Crippen LogP contribution >= 0.6 is 0 Å². The van der Waals surface area contributed by atoms with Crippen LogP contribution in [0.4, 0.5) is 11.4 Å². The van der Waals surface area contributed by atoms with E-state index in [9.17, 15) is 32.7 Å².